The number of hydrogen-bond acceptors (Lipinski definition) is 5. The number of para-hydroxylation sites is 1. The zero-order chi connectivity index (χ0) is 24.8. The highest BCUT2D eigenvalue weighted by Gasteiger charge is 2.14. The monoisotopic (exact) mass is 472 g/mol. The Morgan fingerprint density at radius 2 is 1.89 bits per heavy atom. The van der Waals surface area contributed by atoms with E-state index in [2.05, 4.69) is 49.6 Å². The Hall–Kier alpha value is -4.07. The Bertz CT molecular complexity index is 1460. The molecular weight excluding hydrogens is 443 g/mol. The Morgan fingerprint density at radius 3 is 2.66 bits per heavy atom. The molecule has 0 bridgehead atoms. The quantitative estimate of drug-likeness (QED) is 0.321. The molecule has 0 radical (unpaired) electrons. The van der Waals surface area contributed by atoms with Crippen LogP contribution in [0.5, 0.6) is 0 Å². The number of aromatic amines is 1. The first kappa shape index (κ1) is 24.1. The lowest BCUT2D eigenvalue weighted by molar-refractivity contribution is 0.112. The molecule has 4 aromatic heterocycles. The van der Waals surface area contributed by atoms with Crippen LogP contribution in [0.25, 0.3) is 27.8 Å². The van der Waals surface area contributed by atoms with Gasteiger partial charge in [0.15, 0.2) is 11.9 Å². The zero-order valence-electron chi connectivity index (χ0n) is 20.2. The number of nitrogens with one attached hydrogen (secondary N) is 2. The topological polar surface area (TPSA) is 88.0 Å². The fourth-order valence-electron chi connectivity index (χ4n) is 4.30. The molecule has 8 heteroatoms. The molecule has 0 fully saturated rings. The van der Waals surface area contributed by atoms with Crippen molar-refractivity contribution < 1.29 is 9.18 Å². The summed E-state index contributed by atoms with van der Waals surface area (Å²) in [6, 6.07) is 11.7. The first-order valence-corrected chi connectivity index (χ1v) is 11.9. The zero-order valence-corrected chi connectivity index (χ0v) is 20.2. The van der Waals surface area contributed by atoms with Gasteiger partial charge in [0.1, 0.15) is 11.6 Å². The van der Waals surface area contributed by atoms with E-state index in [0.717, 1.165) is 6.20 Å². The van der Waals surface area contributed by atoms with Gasteiger partial charge in [-0.15, -0.1) is 0 Å². The molecule has 35 heavy (non-hydrogen) atoms. The first-order valence-electron chi connectivity index (χ1n) is 11.9. The molecule has 1 aliphatic carbocycles. The number of rotatable bonds is 3. The van der Waals surface area contributed by atoms with Gasteiger partial charge < -0.3 is 10.3 Å². The third-order valence-electron chi connectivity index (χ3n) is 5.89. The van der Waals surface area contributed by atoms with Gasteiger partial charge in [0.2, 0.25) is 0 Å². The van der Waals surface area contributed by atoms with E-state index in [9.17, 15) is 9.18 Å². The van der Waals surface area contributed by atoms with Gasteiger partial charge in [0.25, 0.3) is 0 Å². The molecule has 4 heterocycles. The van der Waals surface area contributed by atoms with Crippen LogP contribution in [0.2, 0.25) is 0 Å². The third kappa shape index (κ3) is 4.91. The normalized spacial score (nSPS) is 12.2. The predicted octanol–water partition coefficient (Wildman–Crippen LogP) is 5.86. The number of anilines is 1. The smallest absolute Gasteiger partial charge is 0.168 e. The van der Waals surface area contributed by atoms with Crippen LogP contribution in [-0.2, 0) is 12.8 Å². The van der Waals surface area contributed by atoms with Crippen LogP contribution in [0.15, 0.2) is 55.0 Å². The van der Waals surface area contributed by atoms with Crippen LogP contribution in [-0.4, -0.2) is 37.9 Å². The van der Waals surface area contributed by atoms with Crippen LogP contribution in [0.4, 0.5) is 10.2 Å². The van der Waals surface area contributed by atoms with Gasteiger partial charge in [-0.1, -0.05) is 32.0 Å². The van der Waals surface area contributed by atoms with Crippen molar-refractivity contribution in [3.63, 3.8) is 0 Å². The molecule has 0 aliphatic heterocycles. The van der Waals surface area contributed by atoms with Crippen molar-refractivity contribution in [3.8, 4) is 11.3 Å². The number of aldehydes is 1. The average Bonchev–Trinajstić information content (AvgIpc) is 3.51. The van der Waals surface area contributed by atoms with Crippen LogP contribution in [0.3, 0.4) is 0 Å². The highest BCUT2D eigenvalue weighted by molar-refractivity contribution is 5.85. The first-order chi connectivity index (χ1) is 17.2. The van der Waals surface area contributed by atoms with Crippen molar-refractivity contribution in [3.05, 3.63) is 77.6 Å². The van der Waals surface area contributed by atoms with Crippen LogP contribution in [0.1, 0.15) is 48.3 Å². The number of aromatic nitrogens is 5. The summed E-state index contributed by atoms with van der Waals surface area (Å²) in [6.07, 6.45) is 9.96. The second-order valence-corrected chi connectivity index (χ2v) is 7.96. The van der Waals surface area contributed by atoms with Crippen LogP contribution >= 0.6 is 0 Å². The van der Waals surface area contributed by atoms with Crippen molar-refractivity contribution in [2.75, 3.05) is 12.4 Å². The van der Waals surface area contributed by atoms with Crippen molar-refractivity contribution in [1.29, 1.82) is 0 Å². The van der Waals surface area contributed by atoms with E-state index in [1.165, 1.54) is 65.3 Å². The largest absolute Gasteiger partial charge is 0.373 e. The number of benzene rings is 1. The Kier molecular flexibility index (Phi) is 7.50. The van der Waals surface area contributed by atoms with Crippen molar-refractivity contribution in [1.82, 2.24) is 24.6 Å². The maximum Gasteiger partial charge on any atom is 0.168 e. The maximum absolute atomic E-state index is 13.3. The summed E-state index contributed by atoms with van der Waals surface area (Å²) in [4.78, 5) is 22.7. The van der Waals surface area contributed by atoms with Gasteiger partial charge in [-0.2, -0.15) is 9.61 Å². The third-order valence-corrected chi connectivity index (χ3v) is 5.89. The lowest BCUT2D eigenvalue weighted by Gasteiger charge is -2.10. The second kappa shape index (κ2) is 10.9. The summed E-state index contributed by atoms with van der Waals surface area (Å²) in [7, 11) is 1.73. The molecule has 5 aromatic rings. The Labute approximate surface area is 203 Å². The highest BCUT2D eigenvalue weighted by atomic mass is 19.1. The summed E-state index contributed by atoms with van der Waals surface area (Å²) in [6.45, 7) is 4.00. The molecule has 7 nitrogen and oxygen atoms in total. The summed E-state index contributed by atoms with van der Waals surface area (Å²) in [5.74, 6) is 0.196. The van der Waals surface area contributed by atoms with E-state index < -0.39 is 5.82 Å². The molecular formula is C27H29FN6O. The van der Waals surface area contributed by atoms with Gasteiger partial charge in [0, 0.05) is 41.5 Å². The summed E-state index contributed by atoms with van der Waals surface area (Å²) >= 11 is 0. The number of fused-ring (bicyclic) bond motifs is 4. The number of aryl methyl sites for hydroxylation is 2. The minimum Gasteiger partial charge on any atom is -0.373 e. The SMILES string of the molecule is CC.CNc1cc(-c2cncc(F)c2)nc2c(C=O)cnn12.c1ccc2c3c([nH]c2c1)CCCC3. The van der Waals surface area contributed by atoms with Crippen molar-refractivity contribution >= 4 is 28.7 Å². The molecule has 1 aromatic carbocycles. The van der Waals surface area contributed by atoms with Gasteiger partial charge in [-0.25, -0.2) is 9.37 Å². The Balaban J connectivity index is 0.000000166. The lowest BCUT2D eigenvalue weighted by atomic mass is 9.96. The highest BCUT2D eigenvalue weighted by Crippen LogP contribution is 2.28. The molecule has 0 spiro atoms. The van der Waals surface area contributed by atoms with Gasteiger partial charge in [-0.05, 0) is 43.4 Å². The number of H-pyrrole nitrogens is 1. The molecule has 0 atom stereocenters. The number of halogens is 1. The van der Waals surface area contributed by atoms with Gasteiger partial charge in [-0.3, -0.25) is 9.78 Å². The number of hydrogen-bond donors (Lipinski definition) is 2. The Morgan fingerprint density at radius 1 is 1.09 bits per heavy atom. The number of carbonyl (C=O) groups is 1. The minimum atomic E-state index is -0.445. The predicted molar refractivity (Wildman–Crippen MR) is 137 cm³/mol. The van der Waals surface area contributed by atoms with E-state index >= 15 is 0 Å². The summed E-state index contributed by atoms with van der Waals surface area (Å²) < 4.78 is 14.8. The molecule has 0 unspecified atom stereocenters. The van der Waals surface area contributed by atoms with Crippen molar-refractivity contribution in [2.45, 2.75) is 39.5 Å². The summed E-state index contributed by atoms with van der Waals surface area (Å²) in [5, 5.41) is 8.49. The molecule has 0 amide bonds. The van der Waals surface area contributed by atoms with Crippen molar-refractivity contribution in [2.24, 2.45) is 0 Å². The van der Waals surface area contributed by atoms with Gasteiger partial charge >= 0.3 is 0 Å². The number of pyridine rings is 1. The van der Waals surface area contributed by atoms with E-state index in [1.807, 2.05) is 13.8 Å². The molecule has 180 valence electrons. The van der Waals surface area contributed by atoms with Crippen LogP contribution < -0.4 is 5.32 Å². The standard InChI is InChI=1S/C13H10FN5O.C12H13N.C2H6/c1-15-12-3-11(8-2-10(14)6-16-4-8)18-13-9(7-20)5-17-19(12)13;1-3-7-11-9(5-1)10-6-2-4-8-12(10)13-11;1-2/h2-7,15H,1H3;1,3,5,7,13H,2,4,6,8H2;1-2H3. The fourth-order valence-corrected chi connectivity index (χ4v) is 4.30. The average molecular weight is 473 g/mol. The van der Waals surface area contributed by atoms with E-state index in [1.54, 1.807) is 18.7 Å². The summed E-state index contributed by atoms with van der Waals surface area (Å²) in [5.41, 5.74) is 6.18. The molecule has 6 rings (SSSR count). The molecule has 2 N–H and O–H groups in total. The van der Waals surface area contributed by atoms with E-state index in [4.69, 9.17) is 0 Å². The van der Waals surface area contributed by atoms with E-state index in [0.29, 0.717) is 34.6 Å². The van der Waals surface area contributed by atoms with Gasteiger partial charge in [0.05, 0.1) is 23.7 Å². The fraction of sp³-hybridized carbons (Fsp3) is 0.259. The number of carbonyl (C=O) groups excluding carboxylic acids is 1. The van der Waals surface area contributed by atoms with Crippen LogP contribution in [0, 0.1) is 5.82 Å². The second-order valence-electron chi connectivity index (χ2n) is 7.96. The van der Waals surface area contributed by atoms with E-state index in [-0.39, 0.29) is 0 Å². The molecule has 0 saturated heterocycles. The molecule has 0 saturated carbocycles. The maximum atomic E-state index is 13.3. The minimum absolute atomic E-state index is 0.368. The molecule has 1 aliphatic rings. The number of nitrogens with zero attached hydrogens (tertiary/aromatic N) is 4. The lowest BCUT2D eigenvalue weighted by Crippen LogP contribution is -2.02.